The van der Waals surface area contributed by atoms with Crippen molar-refractivity contribution in [3.8, 4) is 0 Å². The van der Waals surface area contributed by atoms with Gasteiger partial charge in [-0.15, -0.1) is 0 Å². The Bertz CT molecular complexity index is 481. The Morgan fingerprint density at radius 2 is 2.00 bits per heavy atom. The van der Waals surface area contributed by atoms with Gasteiger partial charge in [0.2, 0.25) is 0 Å². The average molecular weight is 277 g/mol. The molecule has 0 aliphatic heterocycles. The molecule has 1 aliphatic carbocycles. The molecule has 0 aromatic carbocycles. The maximum absolute atomic E-state index is 12.2. The molecule has 1 aromatic heterocycles. The minimum atomic E-state index is -0.792. The van der Waals surface area contributed by atoms with Crippen molar-refractivity contribution in [3.63, 3.8) is 0 Å². The third kappa shape index (κ3) is 3.04. The normalized spacial score (nSPS) is 19.1. The van der Waals surface area contributed by atoms with Gasteiger partial charge in [-0.3, -0.25) is 9.78 Å². The molecule has 0 bridgehead atoms. The summed E-state index contributed by atoms with van der Waals surface area (Å²) in [5, 5.41) is 15.0. The number of oxime groups is 1. The number of nitrogens with two attached hydrogens (primary N) is 1. The summed E-state index contributed by atoms with van der Waals surface area (Å²) in [4.78, 5) is 20.1. The second-order valence-electron chi connectivity index (χ2n) is 5.03. The molecular formula is C13H19N5O2. The molecule has 1 fully saturated rings. The summed E-state index contributed by atoms with van der Waals surface area (Å²) in [5.74, 6) is -0.303. The third-order valence-corrected chi connectivity index (χ3v) is 3.70. The van der Waals surface area contributed by atoms with Crippen LogP contribution >= 0.6 is 0 Å². The van der Waals surface area contributed by atoms with E-state index in [4.69, 9.17) is 10.9 Å². The molecule has 1 amide bonds. The first kappa shape index (κ1) is 14.2. The van der Waals surface area contributed by atoms with E-state index in [-0.39, 0.29) is 17.4 Å². The highest BCUT2D eigenvalue weighted by atomic mass is 16.4. The van der Waals surface area contributed by atoms with Crippen molar-refractivity contribution in [1.29, 1.82) is 0 Å². The van der Waals surface area contributed by atoms with Gasteiger partial charge in [-0.05, 0) is 12.8 Å². The van der Waals surface area contributed by atoms with Crippen LogP contribution in [0.4, 0.5) is 0 Å². The summed E-state index contributed by atoms with van der Waals surface area (Å²) in [6.07, 6.45) is 9.70. The van der Waals surface area contributed by atoms with Crippen LogP contribution in [0.15, 0.2) is 23.7 Å². The minimum absolute atomic E-state index is 0.0524. The number of aromatic nitrogens is 2. The van der Waals surface area contributed by atoms with Crippen LogP contribution < -0.4 is 11.1 Å². The lowest BCUT2D eigenvalue weighted by atomic mass is 9.88. The van der Waals surface area contributed by atoms with Crippen molar-refractivity contribution < 1.29 is 10.0 Å². The standard InChI is InChI=1S/C13H19N5O2/c14-12(18-20)13(5-3-1-2-4-6-13)17-11(19)10-9-15-7-8-16-10/h7-9,20H,1-6H2,(H2,14,18)(H,17,19). The molecule has 0 atom stereocenters. The lowest BCUT2D eigenvalue weighted by molar-refractivity contribution is 0.0909. The second kappa shape index (κ2) is 6.31. The predicted molar refractivity (Wildman–Crippen MR) is 73.3 cm³/mol. The molecule has 1 heterocycles. The Morgan fingerprint density at radius 1 is 1.30 bits per heavy atom. The number of amides is 1. The zero-order valence-corrected chi connectivity index (χ0v) is 11.2. The van der Waals surface area contributed by atoms with Gasteiger partial charge >= 0.3 is 0 Å². The van der Waals surface area contributed by atoms with E-state index in [1.807, 2.05) is 0 Å². The number of hydrogen-bond donors (Lipinski definition) is 3. The van der Waals surface area contributed by atoms with Crippen LogP contribution in [0.2, 0.25) is 0 Å². The van der Waals surface area contributed by atoms with Crippen molar-refractivity contribution >= 4 is 11.7 Å². The van der Waals surface area contributed by atoms with E-state index < -0.39 is 5.54 Å². The van der Waals surface area contributed by atoms with Crippen LogP contribution in [0.1, 0.15) is 49.0 Å². The molecule has 0 unspecified atom stereocenters. The van der Waals surface area contributed by atoms with Gasteiger partial charge in [0.1, 0.15) is 11.2 Å². The Morgan fingerprint density at radius 3 is 2.55 bits per heavy atom. The van der Waals surface area contributed by atoms with E-state index >= 15 is 0 Å². The van der Waals surface area contributed by atoms with Crippen LogP contribution in [0.25, 0.3) is 0 Å². The molecule has 0 spiro atoms. The summed E-state index contributed by atoms with van der Waals surface area (Å²) in [6.45, 7) is 0. The van der Waals surface area contributed by atoms with Gasteiger partial charge in [-0.25, -0.2) is 4.98 Å². The van der Waals surface area contributed by atoms with Gasteiger partial charge in [0, 0.05) is 12.4 Å². The first-order chi connectivity index (χ1) is 9.68. The predicted octanol–water partition coefficient (Wildman–Crippen LogP) is 1.05. The van der Waals surface area contributed by atoms with Crippen LogP contribution in [-0.2, 0) is 0 Å². The summed E-state index contributed by atoms with van der Waals surface area (Å²) >= 11 is 0. The van der Waals surface area contributed by atoms with Crippen molar-refractivity contribution in [2.24, 2.45) is 10.9 Å². The molecule has 20 heavy (non-hydrogen) atoms. The van der Waals surface area contributed by atoms with Crippen molar-refractivity contribution in [2.45, 2.75) is 44.1 Å². The van der Waals surface area contributed by atoms with E-state index in [2.05, 4.69) is 20.4 Å². The quantitative estimate of drug-likeness (QED) is 0.251. The highest BCUT2D eigenvalue weighted by Gasteiger charge is 2.37. The molecule has 108 valence electrons. The zero-order chi connectivity index (χ0) is 14.4. The highest BCUT2D eigenvalue weighted by Crippen LogP contribution is 2.27. The number of nitrogens with zero attached hydrogens (tertiary/aromatic N) is 3. The van der Waals surface area contributed by atoms with Crippen molar-refractivity contribution in [1.82, 2.24) is 15.3 Å². The number of nitrogens with one attached hydrogen (secondary N) is 1. The van der Waals surface area contributed by atoms with E-state index in [9.17, 15) is 4.79 Å². The molecule has 7 heteroatoms. The van der Waals surface area contributed by atoms with E-state index in [0.717, 1.165) is 25.7 Å². The van der Waals surface area contributed by atoms with Crippen molar-refractivity contribution in [3.05, 3.63) is 24.3 Å². The summed E-state index contributed by atoms with van der Waals surface area (Å²) in [5.41, 5.74) is 5.26. The van der Waals surface area contributed by atoms with Crippen LogP contribution in [0, 0.1) is 0 Å². The number of carbonyl (C=O) groups is 1. The first-order valence-corrected chi connectivity index (χ1v) is 6.74. The lowest BCUT2D eigenvalue weighted by Crippen LogP contribution is -2.57. The number of amidine groups is 1. The fourth-order valence-electron chi connectivity index (χ4n) is 2.57. The third-order valence-electron chi connectivity index (χ3n) is 3.70. The molecule has 2 rings (SSSR count). The fourth-order valence-corrected chi connectivity index (χ4v) is 2.57. The average Bonchev–Trinajstić information content (AvgIpc) is 2.74. The van der Waals surface area contributed by atoms with Crippen LogP contribution in [-0.4, -0.2) is 32.5 Å². The van der Waals surface area contributed by atoms with Gasteiger partial charge in [0.05, 0.1) is 6.20 Å². The lowest BCUT2D eigenvalue weighted by Gasteiger charge is -2.32. The Labute approximate surface area is 117 Å². The molecule has 1 aromatic rings. The maximum Gasteiger partial charge on any atom is 0.272 e. The van der Waals surface area contributed by atoms with E-state index in [1.165, 1.54) is 18.6 Å². The van der Waals surface area contributed by atoms with Crippen LogP contribution in [0.3, 0.4) is 0 Å². The van der Waals surface area contributed by atoms with Gasteiger partial charge in [0.15, 0.2) is 5.84 Å². The van der Waals surface area contributed by atoms with Crippen molar-refractivity contribution in [2.75, 3.05) is 0 Å². The van der Waals surface area contributed by atoms with Crippen LogP contribution in [0.5, 0.6) is 0 Å². The largest absolute Gasteiger partial charge is 0.409 e. The molecular weight excluding hydrogens is 258 g/mol. The van der Waals surface area contributed by atoms with Gasteiger partial charge < -0.3 is 16.3 Å². The molecule has 7 nitrogen and oxygen atoms in total. The summed E-state index contributed by atoms with van der Waals surface area (Å²) in [7, 11) is 0. The highest BCUT2D eigenvalue weighted by molar-refractivity contribution is 5.99. The second-order valence-corrected chi connectivity index (χ2v) is 5.03. The van der Waals surface area contributed by atoms with Gasteiger partial charge in [0.25, 0.3) is 5.91 Å². The maximum atomic E-state index is 12.2. The smallest absolute Gasteiger partial charge is 0.272 e. The SMILES string of the molecule is NC(=NO)C1(NC(=O)c2cnccn2)CCCCCC1. The Hall–Kier alpha value is -2.18. The summed E-state index contributed by atoms with van der Waals surface area (Å²) in [6, 6.07) is 0. The Balaban J connectivity index is 2.22. The van der Waals surface area contributed by atoms with E-state index in [0.29, 0.717) is 12.8 Å². The number of rotatable bonds is 3. The molecule has 1 saturated carbocycles. The zero-order valence-electron chi connectivity index (χ0n) is 11.2. The molecule has 0 radical (unpaired) electrons. The first-order valence-electron chi connectivity index (χ1n) is 6.74. The summed E-state index contributed by atoms with van der Waals surface area (Å²) < 4.78 is 0. The molecule has 4 N–H and O–H groups in total. The van der Waals surface area contributed by atoms with E-state index in [1.54, 1.807) is 0 Å². The fraction of sp³-hybridized carbons (Fsp3) is 0.538. The van der Waals surface area contributed by atoms with Gasteiger partial charge in [-0.1, -0.05) is 30.8 Å². The number of carbonyl (C=O) groups excluding carboxylic acids is 1. The number of hydrogen-bond acceptors (Lipinski definition) is 5. The molecule has 1 aliphatic rings. The minimum Gasteiger partial charge on any atom is -0.409 e. The molecule has 0 saturated heterocycles. The van der Waals surface area contributed by atoms with Gasteiger partial charge in [-0.2, -0.15) is 0 Å². The monoisotopic (exact) mass is 277 g/mol. The Kier molecular flexibility index (Phi) is 4.49. The topological polar surface area (TPSA) is 113 Å².